The summed E-state index contributed by atoms with van der Waals surface area (Å²) >= 11 is 0. The summed E-state index contributed by atoms with van der Waals surface area (Å²) in [4.78, 5) is 36.5. The molecule has 1 unspecified atom stereocenters. The van der Waals surface area contributed by atoms with Gasteiger partial charge in [-0.1, -0.05) is 36.4 Å². The third-order valence-electron chi connectivity index (χ3n) is 4.39. The van der Waals surface area contributed by atoms with Gasteiger partial charge in [-0.3, -0.25) is 0 Å². The molecule has 2 rings (SSSR count). The van der Waals surface area contributed by atoms with E-state index in [1.54, 1.807) is 45.9 Å². The summed E-state index contributed by atoms with van der Waals surface area (Å²) in [7, 11) is 1.23. The second kappa shape index (κ2) is 12.5. The number of carbonyl (C=O) groups is 3. The molecule has 2 aromatic rings. The number of alkyl carbamates (subject to hydrolysis) is 1. The zero-order valence-corrected chi connectivity index (χ0v) is 20.2. The largest absolute Gasteiger partial charge is 0.485 e. The number of carbonyl (C=O) groups excluding carboxylic acids is 3. The van der Waals surface area contributed by atoms with Crippen LogP contribution in [0.3, 0.4) is 0 Å². The number of nitrogens with one attached hydrogen (secondary N) is 2. The van der Waals surface area contributed by atoms with Crippen molar-refractivity contribution in [1.29, 1.82) is 0 Å². The molecular weight excluding hydrogens is 440 g/mol. The van der Waals surface area contributed by atoms with E-state index >= 15 is 0 Å². The minimum atomic E-state index is -1.01. The first-order valence-corrected chi connectivity index (χ1v) is 10.9. The van der Waals surface area contributed by atoms with Crippen LogP contribution in [0.4, 0.5) is 9.59 Å². The maximum Gasteiger partial charge on any atom is 0.412 e. The Balaban J connectivity index is 2.23. The van der Waals surface area contributed by atoms with E-state index in [-0.39, 0.29) is 18.8 Å². The predicted octanol–water partition coefficient (Wildman–Crippen LogP) is 3.98. The zero-order chi connectivity index (χ0) is 25.1. The monoisotopic (exact) mass is 472 g/mol. The normalized spacial score (nSPS) is 11.7. The molecule has 2 N–H and O–H groups in total. The van der Waals surface area contributed by atoms with Crippen molar-refractivity contribution in [3.8, 4) is 11.5 Å². The highest BCUT2D eigenvalue weighted by atomic mass is 16.6. The van der Waals surface area contributed by atoms with E-state index in [0.29, 0.717) is 17.9 Å². The molecule has 2 amide bonds. The first kappa shape index (κ1) is 26.5. The Morgan fingerprint density at radius 2 is 1.65 bits per heavy atom. The lowest BCUT2D eigenvalue weighted by atomic mass is 10.1. The Morgan fingerprint density at radius 3 is 2.26 bits per heavy atom. The van der Waals surface area contributed by atoms with Gasteiger partial charge in [0.05, 0.1) is 7.11 Å². The van der Waals surface area contributed by atoms with E-state index in [4.69, 9.17) is 18.9 Å². The Morgan fingerprint density at radius 1 is 0.941 bits per heavy atom. The molecule has 0 aliphatic carbocycles. The number of rotatable bonds is 9. The summed E-state index contributed by atoms with van der Waals surface area (Å²) in [6.07, 6.45) is -1.30. The van der Waals surface area contributed by atoms with Gasteiger partial charge in [-0.05, 0) is 51.0 Å². The minimum Gasteiger partial charge on any atom is -0.485 e. The average Bonchev–Trinajstić information content (AvgIpc) is 2.77. The predicted molar refractivity (Wildman–Crippen MR) is 126 cm³/mol. The van der Waals surface area contributed by atoms with Gasteiger partial charge in [-0.2, -0.15) is 0 Å². The van der Waals surface area contributed by atoms with Crippen molar-refractivity contribution >= 4 is 18.2 Å². The molecule has 0 aliphatic rings. The lowest BCUT2D eigenvalue weighted by Gasteiger charge is -2.23. The molecule has 34 heavy (non-hydrogen) atoms. The molecule has 0 saturated heterocycles. The van der Waals surface area contributed by atoms with Gasteiger partial charge in [0.15, 0.2) is 11.5 Å². The molecule has 9 nitrogen and oxygen atoms in total. The maximum atomic E-state index is 12.3. The topological polar surface area (TPSA) is 112 Å². The lowest BCUT2D eigenvalue weighted by Crippen LogP contribution is -2.45. The summed E-state index contributed by atoms with van der Waals surface area (Å²) in [5.74, 6) is -0.102. The Labute approximate surface area is 199 Å². The number of amides is 2. The summed E-state index contributed by atoms with van der Waals surface area (Å²) < 4.78 is 21.4. The SMILES string of the molecule is CCNC(=O)Oc1cc(CC(NC(=O)OC(C)(C)C)C(=O)OC)ccc1OCc1ccccc1. The molecule has 0 aliphatic heterocycles. The number of hydrogen-bond donors (Lipinski definition) is 2. The summed E-state index contributed by atoms with van der Waals surface area (Å²) in [5, 5.41) is 5.09. The Hall–Kier alpha value is -3.75. The first-order chi connectivity index (χ1) is 16.1. The van der Waals surface area contributed by atoms with Gasteiger partial charge in [0, 0.05) is 13.0 Å². The van der Waals surface area contributed by atoms with Crippen LogP contribution in [0.5, 0.6) is 11.5 Å². The van der Waals surface area contributed by atoms with Gasteiger partial charge < -0.3 is 29.6 Å². The average molecular weight is 473 g/mol. The minimum absolute atomic E-state index is 0.0800. The van der Waals surface area contributed by atoms with Crippen LogP contribution in [0, 0.1) is 0 Å². The van der Waals surface area contributed by atoms with Crippen LogP contribution < -0.4 is 20.1 Å². The highest BCUT2D eigenvalue weighted by Crippen LogP contribution is 2.30. The third kappa shape index (κ3) is 9.01. The lowest BCUT2D eigenvalue weighted by molar-refractivity contribution is -0.143. The fraction of sp³-hybridized carbons (Fsp3) is 0.400. The van der Waals surface area contributed by atoms with Gasteiger partial charge in [0.1, 0.15) is 18.2 Å². The van der Waals surface area contributed by atoms with E-state index in [0.717, 1.165) is 5.56 Å². The van der Waals surface area contributed by atoms with Crippen LogP contribution in [0.2, 0.25) is 0 Å². The maximum absolute atomic E-state index is 12.3. The molecular formula is C25H32N2O7. The van der Waals surface area contributed by atoms with Crippen molar-refractivity contribution in [3.63, 3.8) is 0 Å². The van der Waals surface area contributed by atoms with Crippen molar-refractivity contribution in [1.82, 2.24) is 10.6 Å². The van der Waals surface area contributed by atoms with Crippen LogP contribution in [0.15, 0.2) is 48.5 Å². The molecule has 0 fully saturated rings. The van der Waals surface area contributed by atoms with Crippen LogP contribution in [0.1, 0.15) is 38.8 Å². The van der Waals surface area contributed by atoms with Crippen molar-refractivity contribution in [2.24, 2.45) is 0 Å². The third-order valence-corrected chi connectivity index (χ3v) is 4.39. The molecule has 0 spiro atoms. The molecule has 0 radical (unpaired) electrons. The molecule has 0 bridgehead atoms. The summed E-state index contributed by atoms with van der Waals surface area (Å²) in [5.41, 5.74) is 0.830. The first-order valence-electron chi connectivity index (χ1n) is 10.9. The van der Waals surface area contributed by atoms with E-state index in [9.17, 15) is 14.4 Å². The van der Waals surface area contributed by atoms with Gasteiger partial charge in [-0.25, -0.2) is 14.4 Å². The van der Waals surface area contributed by atoms with Crippen molar-refractivity contribution in [3.05, 3.63) is 59.7 Å². The number of methoxy groups -OCH3 is 1. The molecule has 9 heteroatoms. The Kier molecular flexibility index (Phi) is 9.73. The van der Waals surface area contributed by atoms with Gasteiger partial charge in [-0.15, -0.1) is 0 Å². The fourth-order valence-corrected chi connectivity index (χ4v) is 2.92. The van der Waals surface area contributed by atoms with Crippen LogP contribution in [-0.2, 0) is 27.3 Å². The van der Waals surface area contributed by atoms with Crippen LogP contribution in [-0.4, -0.2) is 43.5 Å². The van der Waals surface area contributed by atoms with Gasteiger partial charge in [0.2, 0.25) is 0 Å². The highest BCUT2D eigenvalue weighted by molar-refractivity contribution is 5.81. The summed E-state index contributed by atoms with van der Waals surface area (Å²) in [6, 6.07) is 13.5. The second-order valence-corrected chi connectivity index (χ2v) is 8.40. The van der Waals surface area contributed by atoms with Gasteiger partial charge >= 0.3 is 18.2 Å². The van der Waals surface area contributed by atoms with E-state index in [2.05, 4.69) is 10.6 Å². The standard InChI is InChI=1S/C25H32N2O7/c1-6-26-23(29)33-21-15-18(12-13-20(21)32-16-17-10-8-7-9-11-17)14-19(22(28)31-5)27-24(30)34-25(2,3)4/h7-13,15,19H,6,14,16H2,1-5H3,(H,26,29)(H,27,30). The van der Waals surface area contributed by atoms with Crippen molar-refractivity contribution in [2.75, 3.05) is 13.7 Å². The van der Waals surface area contributed by atoms with E-state index in [1.807, 2.05) is 30.3 Å². The number of esters is 1. The quantitative estimate of drug-likeness (QED) is 0.531. The molecule has 1 atom stereocenters. The molecule has 0 heterocycles. The Bertz CT molecular complexity index is 971. The number of benzene rings is 2. The smallest absolute Gasteiger partial charge is 0.412 e. The van der Waals surface area contributed by atoms with E-state index < -0.39 is 29.8 Å². The molecule has 0 aromatic heterocycles. The second-order valence-electron chi connectivity index (χ2n) is 8.40. The molecule has 0 saturated carbocycles. The van der Waals surface area contributed by atoms with Crippen LogP contribution >= 0.6 is 0 Å². The van der Waals surface area contributed by atoms with E-state index in [1.165, 1.54) is 7.11 Å². The molecule has 2 aromatic carbocycles. The zero-order valence-electron chi connectivity index (χ0n) is 20.2. The highest BCUT2D eigenvalue weighted by Gasteiger charge is 2.26. The number of ether oxygens (including phenoxy) is 4. The van der Waals surface area contributed by atoms with Crippen LogP contribution in [0.25, 0.3) is 0 Å². The number of hydrogen-bond acceptors (Lipinski definition) is 7. The molecule has 184 valence electrons. The van der Waals surface area contributed by atoms with Crippen molar-refractivity contribution in [2.45, 2.75) is 52.4 Å². The summed E-state index contributed by atoms with van der Waals surface area (Å²) in [6.45, 7) is 7.60. The van der Waals surface area contributed by atoms with Gasteiger partial charge in [0.25, 0.3) is 0 Å². The fourth-order valence-electron chi connectivity index (χ4n) is 2.92. The van der Waals surface area contributed by atoms with Crippen molar-refractivity contribution < 1.29 is 33.3 Å².